The number of thiophene rings is 1. The molecule has 9 nitrogen and oxygen atoms in total. The molecule has 4 atom stereocenters. The minimum atomic E-state index is -1.14. The van der Waals surface area contributed by atoms with Crippen LogP contribution >= 0.6 is 22.9 Å². The highest BCUT2D eigenvalue weighted by molar-refractivity contribution is 7.09. The van der Waals surface area contributed by atoms with E-state index in [-0.39, 0.29) is 50.9 Å². The number of carboxylic acids is 1. The van der Waals surface area contributed by atoms with Crippen LogP contribution in [0, 0.1) is 11.8 Å². The Kier molecular flexibility index (Phi) is 12.3. The van der Waals surface area contributed by atoms with Gasteiger partial charge in [-0.3, -0.25) is 24.0 Å². The summed E-state index contributed by atoms with van der Waals surface area (Å²) in [6, 6.07) is 24.2. The number of Topliss-reactive ketones (excluding diaryl/α,β-unsaturated/α-hetero) is 2. The monoisotopic (exact) mass is 700 g/mol. The number of rotatable bonds is 7. The lowest BCUT2D eigenvalue weighted by Crippen LogP contribution is -2.54. The first-order valence-electron chi connectivity index (χ1n) is 16.0. The van der Waals surface area contributed by atoms with Crippen molar-refractivity contribution < 1.29 is 33.8 Å². The summed E-state index contributed by atoms with van der Waals surface area (Å²) in [5, 5.41) is 18.1. The van der Waals surface area contributed by atoms with Crippen molar-refractivity contribution in [3.63, 3.8) is 0 Å². The zero-order valence-corrected chi connectivity index (χ0v) is 28.3. The van der Waals surface area contributed by atoms with E-state index in [1.54, 1.807) is 48.5 Å². The van der Waals surface area contributed by atoms with Gasteiger partial charge in [-0.05, 0) is 71.7 Å². The molecule has 0 saturated carbocycles. The van der Waals surface area contributed by atoms with Gasteiger partial charge in [0.25, 0.3) is 0 Å². The number of benzene rings is 3. The number of hydrogen-bond donors (Lipinski definition) is 3. The van der Waals surface area contributed by atoms with E-state index >= 15 is 0 Å². The number of fused-ring (bicyclic) bond motifs is 16. The Bertz CT molecular complexity index is 1760. The second-order valence-electron chi connectivity index (χ2n) is 12.2. The fourth-order valence-corrected chi connectivity index (χ4v) is 6.83. The van der Waals surface area contributed by atoms with Gasteiger partial charge in [0.2, 0.25) is 11.8 Å². The first kappa shape index (κ1) is 35.5. The first-order valence-corrected chi connectivity index (χ1v) is 17.3. The standard InChI is InChI=1S/C38H37ClN2O7S/c39-29-9-4-8-26(17-29)19-34-37(45)40-33(18-24-6-2-1-3-7-24)35(43)22-28(38(46)47)16-25-11-13-31(14-12-25)48-23-30(42)20-27(36(44)41-34)21-32-10-5-15-49-32/h1-15,17,27-28,33-34H,16,18-23H2,(H,40,45)(H,41,44)(H,46,47)/t27-,28+,33-,34+/m0/s1. The number of amides is 2. The maximum absolute atomic E-state index is 14.1. The first-order chi connectivity index (χ1) is 23.6. The molecular formula is C38H37ClN2O7S. The minimum Gasteiger partial charge on any atom is -0.486 e. The van der Waals surface area contributed by atoms with Gasteiger partial charge in [0.1, 0.15) is 18.4 Å². The summed E-state index contributed by atoms with van der Waals surface area (Å²) in [7, 11) is 0. The van der Waals surface area contributed by atoms with Crippen LogP contribution in [0.4, 0.5) is 0 Å². The van der Waals surface area contributed by atoms with Crippen molar-refractivity contribution in [2.75, 3.05) is 6.61 Å². The third kappa shape index (κ3) is 10.6. The van der Waals surface area contributed by atoms with Gasteiger partial charge < -0.3 is 20.5 Å². The topological polar surface area (TPSA) is 139 Å². The van der Waals surface area contributed by atoms with Crippen LogP contribution in [-0.2, 0) is 49.7 Å². The van der Waals surface area contributed by atoms with Gasteiger partial charge in [-0.1, -0.05) is 72.3 Å². The van der Waals surface area contributed by atoms with Gasteiger partial charge >= 0.3 is 5.97 Å². The molecule has 4 aromatic rings. The van der Waals surface area contributed by atoms with E-state index in [1.807, 2.05) is 47.8 Å². The van der Waals surface area contributed by atoms with E-state index in [2.05, 4.69) is 10.6 Å². The number of carbonyl (C=O) groups is 5. The Labute approximate surface area is 293 Å². The van der Waals surface area contributed by atoms with E-state index < -0.39 is 47.5 Å². The number of aliphatic carboxylic acids is 1. The molecule has 2 aliphatic heterocycles. The number of nitrogens with one attached hydrogen (secondary N) is 2. The molecule has 254 valence electrons. The molecule has 0 fully saturated rings. The van der Waals surface area contributed by atoms with E-state index in [9.17, 15) is 29.1 Å². The SMILES string of the molecule is O=C1COc2ccc(cc2)C[C@@H](C(=O)O)CC(=O)[C@H](Cc2ccccc2)NC(=O)[C@@H](Cc2cccc(Cl)c2)NC(=O)[C@H](Cc2cccs2)C1. The van der Waals surface area contributed by atoms with Crippen LogP contribution in [0.2, 0.25) is 5.02 Å². The van der Waals surface area contributed by atoms with Crippen LogP contribution in [0.5, 0.6) is 5.75 Å². The molecule has 6 rings (SSSR count). The third-order valence-corrected chi connectivity index (χ3v) is 9.56. The molecular weight excluding hydrogens is 664 g/mol. The number of halogens is 1. The summed E-state index contributed by atoms with van der Waals surface area (Å²) >= 11 is 7.71. The minimum absolute atomic E-state index is 0.0545. The zero-order chi connectivity index (χ0) is 34.8. The Morgan fingerprint density at radius 3 is 2.18 bits per heavy atom. The van der Waals surface area contributed by atoms with Crippen LogP contribution in [0.25, 0.3) is 0 Å². The second kappa shape index (κ2) is 17.0. The van der Waals surface area contributed by atoms with Gasteiger partial charge in [-0.15, -0.1) is 11.3 Å². The van der Waals surface area contributed by atoms with E-state index in [0.717, 1.165) is 10.4 Å². The Balaban J connectivity index is 1.50. The van der Waals surface area contributed by atoms with Gasteiger partial charge in [0, 0.05) is 35.1 Å². The van der Waals surface area contributed by atoms with Gasteiger partial charge in [0.15, 0.2) is 11.6 Å². The summed E-state index contributed by atoms with van der Waals surface area (Å²) in [6.45, 7) is -0.270. The molecule has 0 aliphatic carbocycles. The quantitative estimate of drug-likeness (QED) is 0.239. The molecule has 2 aliphatic rings. The number of ketones is 2. The van der Waals surface area contributed by atoms with Crippen molar-refractivity contribution in [1.82, 2.24) is 10.6 Å². The summed E-state index contributed by atoms with van der Waals surface area (Å²) in [6.07, 6.45) is 0.0814. The van der Waals surface area contributed by atoms with E-state index in [1.165, 1.54) is 11.3 Å². The van der Waals surface area contributed by atoms with E-state index in [4.69, 9.17) is 16.3 Å². The van der Waals surface area contributed by atoms with Crippen molar-refractivity contribution >= 4 is 52.3 Å². The molecule has 11 heteroatoms. The van der Waals surface area contributed by atoms with Gasteiger partial charge in [0.05, 0.1) is 12.0 Å². The molecule has 0 radical (unpaired) electrons. The highest BCUT2D eigenvalue weighted by atomic mass is 35.5. The zero-order valence-electron chi connectivity index (χ0n) is 26.7. The lowest BCUT2D eigenvalue weighted by atomic mass is 9.90. The molecule has 0 unspecified atom stereocenters. The summed E-state index contributed by atoms with van der Waals surface area (Å²) in [5.74, 6) is -4.44. The third-order valence-electron chi connectivity index (χ3n) is 8.42. The highest BCUT2D eigenvalue weighted by Gasteiger charge is 2.32. The molecule has 2 amide bonds. The maximum atomic E-state index is 14.1. The fraction of sp³-hybridized carbons (Fsp3) is 0.289. The molecule has 3 aromatic carbocycles. The Morgan fingerprint density at radius 1 is 0.776 bits per heavy atom. The Morgan fingerprint density at radius 2 is 1.49 bits per heavy atom. The second-order valence-corrected chi connectivity index (χ2v) is 13.7. The maximum Gasteiger partial charge on any atom is 0.307 e. The van der Waals surface area contributed by atoms with Gasteiger partial charge in [-0.25, -0.2) is 0 Å². The van der Waals surface area contributed by atoms with Crippen molar-refractivity contribution in [3.8, 4) is 5.75 Å². The summed E-state index contributed by atoms with van der Waals surface area (Å²) < 4.78 is 5.72. The van der Waals surface area contributed by atoms with Crippen LogP contribution < -0.4 is 15.4 Å². The smallest absolute Gasteiger partial charge is 0.307 e. The largest absolute Gasteiger partial charge is 0.486 e. The molecule has 3 heterocycles. The molecule has 2 bridgehead atoms. The predicted molar refractivity (Wildman–Crippen MR) is 187 cm³/mol. The van der Waals surface area contributed by atoms with Crippen LogP contribution in [0.15, 0.2) is 96.4 Å². The van der Waals surface area contributed by atoms with Crippen LogP contribution in [-0.4, -0.2) is 53.1 Å². The van der Waals surface area contributed by atoms with Crippen LogP contribution in [0.1, 0.15) is 34.4 Å². The fourth-order valence-electron chi connectivity index (χ4n) is 5.83. The predicted octanol–water partition coefficient (Wildman–Crippen LogP) is 5.27. The number of ether oxygens (including phenoxy) is 1. The normalized spacial score (nSPS) is 21.1. The molecule has 49 heavy (non-hydrogen) atoms. The average molecular weight is 701 g/mol. The summed E-state index contributed by atoms with van der Waals surface area (Å²) in [4.78, 5) is 68.3. The van der Waals surface area contributed by atoms with Crippen molar-refractivity contribution in [3.05, 3.63) is 123 Å². The average Bonchev–Trinajstić information content (AvgIpc) is 3.60. The van der Waals surface area contributed by atoms with E-state index in [0.29, 0.717) is 21.9 Å². The number of carbonyl (C=O) groups excluding carboxylic acids is 4. The molecule has 0 spiro atoms. The lowest BCUT2D eigenvalue weighted by Gasteiger charge is -2.25. The number of carboxylic acid groups (broad SMARTS) is 1. The molecule has 3 N–H and O–H groups in total. The molecule has 1 aromatic heterocycles. The molecule has 0 saturated heterocycles. The number of hydrogen-bond acceptors (Lipinski definition) is 7. The lowest BCUT2D eigenvalue weighted by molar-refractivity contribution is -0.144. The van der Waals surface area contributed by atoms with Crippen LogP contribution in [0.3, 0.4) is 0 Å². The van der Waals surface area contributed by atoms with Crippen molar-refractivity contribution in [2.24, 2.45) is 11.8 Å². The van der Waals surface area contributed by atoms with Gasteiger partial charge in [-0.2, -0.15) is 0 Å². The van der Waals surface area contributed by atoms with Crippen molar-refractivity contribution in [1.29, 1.82) is 0 Å². The highest BCUT2D eigenvalue weighted by Crippen LogP contribution is 2.22. The Hall–Kier alpha value is -4.80. The van der Waals surface area contributed by atoms with Crippen molar-refractivity contribution in [2.45, 2.75) is 50.6 Å². The summed E-state index contributed by atoms with van der Waals surface area (Å²) in [5.41, 5.74) is 2.12.